The van der Waals surface area contributed by atoms with Crippen LogP contribution >= 0.6 is 38.5 Å². The highest BCUT2D eigenvalue weighted by Gasteiger charge is 2.24. The lowest BCUT2D eigenvalue weighted by atomic mass is 10.0. The first-order valence-corrected chi connectivity index (χ1v) is 9.41. The second kappa shape index (κ2) is 6.33. The van der Waals surface area contributed by atoms with Crippen LogP contribution in [-0.2, 0) is 0 Å². The molecule has 0 fully saturated rings. The number of benzene rings is 2. The summed E-state index contributed by atoms with van der Waals surface area (Å²) < 4.78 is 4.22. The molecule has 0 radical (unpaired) electrons. The van der Waals surface area contributed by atoms with Gasteiger partial charge in [0.25, 0.3) is 0 Å². The minimum absolute atomic E-state index is 0.0184. The molecule has 0 saturated heterocycles. The van der Waals surface area contributed by atoms with Gasteiger partial charge < -0.3 is 5.32 Å². The molecule has 4 rings (SSSR count). The van der Waals surface area contributed by atoms with Crippen LogP contribution in [0, 0.1) is 10.5 Å². The molecule has 0 saturated carbocycles. The van der Waals surface area contributed by atoms with E-state index < -0.39 is 0 Å². The van der Waals surface area contributed by atoms with E-state index in [1.807, 2.05) is 11.6 Å². The summed E-state index contributed by atoms with van der Waals surface area (Å²) in [5, 5.41) is 7.96. The molecule has 1 atom stereocenters. The molecule has 1 N–H and O–H groups in total. The molecule has 3 aromatic rings. The Morgan fingerprint density at radius 2 is 1.79 bits per heavy atom. The van der Waals surface area contributed by atoms with Crippen molar-refractivity contribution < 1.29 is 0 Å². The van der Waals surface area contributed by atoms with Crippen molar-refractivity contribution in [1.29, 1.82) is 0 Å². The Bertz CT molecular complexity index is 913. The lowest BCUT2D eigenvalue weighted by molar-refractivity contribution is 0.607. The quantitative estimate of drug-likeness (QED) is 0.511. The third-order valence-electron chi connectivity index (χ3n) is 3.94. The fourth-order valence-electron chi connectivity index (χ4n) is 2.80. The van der Waals surface area contributed by atoms with Crippen molar-refractivity contribution in [3.8, 4) is 0 Å². The van der Waals surface area contributed by atoms with E-state index in [4.69, 9.17) is 0 Å². The maximum Gasteiger partial charge on any atom is 0.226 e. The van der Waals surface area contributed by atoms with Gasteiger partial charge in [0.2, 0.25) is 5.95 Å². The molecule has 24 heavy (non-hydrogen) atoms. The molecule has 1 aromatic heterocycles. The number of nitrogens with one attached hydrogen (secondary N) is 1. The SMILES string of the molecule is Cc1nc2n(n1)[C@H](c1ccc(Br)cc1)C=C(c1ccc(I)cc1)N2. The normalized spacial score (nSPS) is 16.3. The smallest absolute Gasteiger partial charge is 0.226 e. The van der Waals surface area contributed by atoms with Crippen LogP contribution in [0.4, 0.5) is 5.95 Å². The molecule has 6 heteroatoms. The first-order valence-electron chi connectivity index (χ1n) is 7.53. The molecule has 0 spiro atoms. The van der Waals surface area contributed by atoms with Crippen molar-refractivity contribution >= 4 is 50.2 Å². The number of aromatic nitrogens is 3. The van der Waals surface area contributed by atoms with Gasteiger partial charge in [0.1, 0.15) is 11.9 Å². The Hall–Kier alpha value is -1.67. The van der Waals surface area contributed by atoms with E-state index in [0.29, 0.717) is 0 Å². The van der Waals surface area contributed by atoms with Crippen molar-refractivity contribution in [3.05, 3.63) is 79.6 Å². The Kier molecular flexibility index (Phi) is 4.17. The summed E-state index contributed by atoms with van der Waals surface area (Å²) in [5.74, 6) is 1.54. The van der Waals surface area contributed by atoms with E-state index in [0.717, 1.165) is 27.5 Å². The molecular weight excluding hydrogens is 479 g/mol. The second-order valence-electron chi connectivity index (χ2n) is 5.64. The summed E-state index contributed by atoms with van der Waals surface area (Å²) in [5.41, 5.74) is 3.37. The van der Waals surface area contributed by atoms with Gasteiger partial charge in [-0.05, 0) is 71.0 Å². The van der Waals surface area contributed by atoms with Gasteiger partial charge >= 0.3 is 0 Å². The van der Waals surface area contributed by atoms with Crippen molar-refractivity contribution in [2.24, 2.45) is 0 Å². The number of nitrogens with zero attached hydrogens (tertiary/aromatic N) is 3. The number of fused-ring (bicyclic) bond motifs is 1. The minimum atomic E-state index is 0.0184. The number of rotatable bonds is 2. The van der Waals surface area contributed by atoms with Crippen LogP contribution in [0.5, 0.6) is 0 Å². The molecule has 2 aromatic carbocycles. The van der Waals surface area contributed by atoms with Crippen molar-refractivity contribution in [3.63, 3.8) is 0 Å². The van der Waals surface area contributed by atoms with Crippen molar-refractivity contribution in [1.82, 2.24) is 14.8 Å². The zero-order valence-electron chi connectivity index (χ0n) is 12.9. The summed E-state index contributed by atoms with van der Waals surface area (Å²) in [6, 6.07) is 16.8. The fourth-order valence-corrected chi connectivity index (χ4v) is 3.42. The Labute approximate surface area is 162 Å². The van der Waals surface area contributed by atoms with E-state index in [1.165, 1.54) is 9.13 Å². The fraction of sp³-hybridized carbons (Fsp3) is 0.111. The van der Waals surface area contributed by atoms with E-state index >= 15 is 0 Å². The van der Waals surface area contributed by atoms with Crippen LogP contribution in [0.15, 0.2) is 59.1 Å². The number of allylic oxidation sites excluding steroid dienone is 1. The lowest BCUT2D eigenvalue weighted by Gasteiger charge is -2.24. The maximum absolute atomic E-state index is 4.56. The van der Waals surface area contributed by atoms with Crippen LogP contribution in [0.2, 0.25) is 0 Å². The Balaban J connectivity index is 1.82. The molecule has 120 valence electrons. The number of aryl methyl sites for hydroxylation is 1. The number of halogens is 2. The standard InChI is InChI=1S/C18H14BrIN4/c1-11-21-18-22-16(12-4-8-15(20)9-5-12)10-17(24(18)23-11)13-2-6-14(19)7-3-13/h2-10,17H,1H3,(H,21,22,23)/t17-/m0/s1. The van der Waals surface area contributed by atoms with Gasteiger partial charge in [-0.3, -0.25) is 0 Å². The molecule has 0 amide bonds. The molecule has 0 aliphatic carbocycles. The van der Waals surface area contributed by atoms with Gasteiger partial charge in [0, 0.05) is 13.7 Å². The molecule has 1 aliphatic rings. The molecule has 0 unspecified atom stereocenters. The van der Waals surface area contributed by atoms with E-state index in [1.54, 1.807) is 0 Å². The molecule has 2 heterocycles. The van der Waals surface area contributed by atoms with E-state index in [-0.39, 0.29) is 6.04 Å². The molecular formula is C18H14BrIN4. The Morgan fingerprint density at radius 1 is 1.08 bits per heavy atom. The molecule has 0 bridgehead atoms. The van der Waals surface area contributed by atoms with Gasteiger partial charge in [0.15, 0.2) is 0 Å². The van der Waals surface area contributed by atoms with Crippen molar-refractivity contribution in [2.45, 2.75) is 13.0 Å². The zero-order valence-corrected chi connectivity index (χ0v) is 16.6. The summed E-state index contributed by atoms with van der Waals surface area (Å²) in [6.45, 7) is 1.91. The van der Waals surface area contributed by atoms with Gasteiger partial charge in [0.05, 0.1) is 0 Å². The summed E-state index contributed by atoms with van der Waals surface area (Å²) >= 11 is 5.81. The zero-order chi connectivity index (χ0) is 16.7. The highest BCUT2D eigenvalue weighted by molar-refractivity contribution is 14.1. The molecule has 1 aliphatic heterocycles. The number of anilines is 1. The maximum atomic E-state index is 4.56. The summed E-state index contributed by atoms with van der Waals surface area (Å²) in [7, 11) is 0. The van der Waals surface area contributed by atoms with Crippen LogP contribution < -0.4 is 5.32 Å². The first kappa shape index (κ1) is 15.8. The van der Waals surface area contributed by atoms with E-state index in [2.05, 4.69) is 109 Å². The third-order valence-corrected chi connectivity index (χ3v) is 5.19. The summed E-state index contributed by atoms with van der Waals surface area (Å²) in [6.07, 6.45) is 2.20. The average Bonchev–Trinajstić information content (AvgIpc) is 2.95. The van der Waals surface area contributed by atoms with E-state index in [9.17, 15) is 0 Å². The monoisotopic (exact) mass is 492 g/mol. The van der Waals surface area contributed by atoms with Gasteiger partial charge in [-0.1, -0.05) is 40.2 Å². The lowest BCUT2D eigenvalue weighted by Crippen LogP contribution is -2.20. The van der Waals surface area contributed by atoms with Gasteiger partial charge in [-0.25, -0.2) is 4.68 Å². The summed E-state index contributed by atoms with van der Waals surface area (Å²) in [4.78, 5) is 4.53. The minimum Gasteiger partial charge on any atom is -0.324 e. The van der Waals surface area contributed by atoms with Crippen molar-refractivity contribution in [2.75, 3.05) is 5.32 Å². The largest absolute Gasteiger partial charge is 0.324 e. The topological polar surface area (TPSA) is 42.7 Å². The predicted octanol–water partition coefficient (Wildman–Crippen LogP) is 5.01. The van der Waals surface area contributed by atoms with Crippen LogP contribution in [0.1, 0.15) is 23.0 Å². The second-order valence-corrected chi connectivity index (χ2v) is 7.80. The number of hydrogen-bond donors (Lipinski definition) is 1. The first-order chi connectivity index (χ1) is 11.6. The highest BCUT2D eigenvalue weighted by Crippen LogP contribution is 2.33. The van der Waals surface area contributed by atoms with Crippen LogP contribution in [-0.4, -0.2) is 14.8 Å². The van der Waals surface area contributed by atoms with Crippen LogP contribution in [0.25, 0.3) is 5.70 Å². The molecule has 4 nitrogen and oxygen atoms in total. The highest BCUT2D eigenvalue weighted by atomic mass is 127. The number of hydrogen-bond acceptors (Lipinski definition) is 3. The average molecular weight is 493 g/mol. The third kappa shape index (κ3) is 3.00. The van der Waals surface area contributed by atoms with Gasteiger partial charge in [-0.15, -0.1) is 0 Å². The van der Waals surface area contributed by atoms with Crippen LogP contribution in [0.3, 0.4) is 0 Å². The Morgan fingerprint density at radius 3 is 2.50 bits per heavy atom. The predicted molar refractivity (Wildman–Crippen MR) is 108 cm³/mol. The van der Waals surface area contributed by atoms with Gasteiger partial charge in [-0.2, -0.15) is 10.1 Å².